The van der Waals surface area contributed by atoms with Crippen molar-refractivity contribution >= 4 is 27.3 Å². The molecule has 1 aromatic rings. The number of nitrogens with two attached hydrogens (primary N) is 1. The van der Waals surface area contributed by atoms with Gasteiger partial charge in [0.1, 0.15) is 0 Å². The first-order valence-electron chi connectivity index (χ1n) is 5.10. The van der Waals surface area contributed by atoms with E-state index >= 15 is 0 Å². The van der Waals surface area contributed by atoms with Crippen LogP contribution in [-0.4, -0.2) is 30.9 Å². The number of thiophene rings is 1. The maximum atomic E-state index is 11.6. The Labute approximate surface area is 103 Å². The third-order valence-electron chi connectivity index (χ3n) is 2.55. The van der Waals surface area contributed by atoms with Gasteiger partial charge >= 0.3 is 0 Å². The molecule has 1 aromatic heterocycles. The van der Waals surface area contributed by atoms with E-state index in [0.717, 1.165) is 4.88 Å². The summed E-state index contributed by atoms with van der Waals surface area (Å²) in [5.74, 6) is 4.88. The summed E-state index contributed by atoms with van der Waals surface area (Å²) in [6.07, 6.45) is 0.670. The fraction of sp³-hybridized carbons (Fsp3) is 0.444. The van der Waals surface area contributed by atoms with E-state index in [1.54, 1.807) is 12.1 Å². The minimum Gasteiger partial charge on any atom is -0.289 e. The maximum Gasteiger partial charge on any atom is 0.275 e. The van der Waals surface area contributed by atoms with Crippen LogP contribution in [0.3, 0.4) is 0 Å². The van der Waals surface area contributed by atoms with Crippen molar-refractivity contribution < 1.29 is 13.2 Å². The van der Waals surface area contributed by atoms with Crippen LogP contribution < -0.4 is 11.3 Å². The molecule has 1 aliphatic rings. The molecule has 6 nitrogen and oxygen atoms in total. The third kappa shape index (κ3) is 2.65. The van der Waals surface area contributed by atoms with Crippen LogP contribution in [0.25, 0.3) is 0 Å². The highest BCUT2D eigenvalue weighted by Crippen LogP contribution is 2.22. The number of nitrogens with zero attached hydrogens (tertiary/aromatic N) is 1. The van der Waals surface area contributed by atoms with Gasteiger partial charge in [0, 0.05) is 18.0 Å². The average molecular weight is 275 g/mol. The van der Waals surface area contributed by atoms with Crippen molar-refractivity contribution in [3.63, 3.8) is 0 Å². The topological polar surface area (TPSA) is 92.5 Å². The highest BCUT2D eigenvalue weighted by molar-refractivity contribution is 7.89. The number of carbonyl (C=O) groups is 1. The molecule has 3 N–H and O–H groups in total. The summed E-state index contributed by atoms with van der Waals surface area (Å²) in [7, 11) is -3.09. The molecule has 0 radical (unpaired) electrons. The quantitative estimate of drug-likeness (QED) is 0.457. The van der Waals surface area contributed by atoms with E-state index < -0.39 is 10.0 Å². The van der Waals surface area contributed by atoms with Crippen LogP contribution in [0.4, 0.5) is 0 Å². The molecule has 0 atom stereocenters. The summed E-state index contributed by atoms with van der Waals surface area (Å²) in [5.41, 5.74) is 2.04. The molecular weight excluding hydrogens is 262 g/mol. The van der Waals surface area contributed by atoms with Crippen LogP contribution in [0.1, 0.15) is 21.0 Å². The van der Waals surface area contributed by atoms with Crippen molar-refractivity contribution in [3.05, 3.63) is 21.9 Å². The van der Waals surface area contributed by atoms with Crippen molar-refractivity contribution in [1.82, 2.24) is 9.73 Å². The van der Waals surface area contributed by atoms with Crippen LogP contribution in [0.2, 0.25) is 0 Å². The molecule has 1 amide bonds. The van der Waals surface area contributed by atoms with Crippen molar-refractivity contribution in [1.29, 1.82) is 0 Å². The van der Waals surface area contributed by atoms with E-state index in [2.05, 4.69) is 0 Å². The Bertz CT molecular complexity index is 523. The van der Waals surface area contributed by atoms with Crippen molar-refractivity contribution in [2.45, 2.75) is 13.0 Å². The van der Waals surface area contributed by atoms with E-state index in [-0.39, 0.29) is 11.7 Å². The maximum absolute atomic E-state index is 11.6. The number of nitrogen functional groups attached to an aromatic ring is 1. The molecule has 2 rings (SSSR count). The summed E-state index contributed by atoms with van der Waals surface area (Å²) in [6.45, 7) is 0.892. The number of hydrogen-bond acceptors (Lipinski definition) is 5. The zero-order valence-corrected chi connectivity index (χ0v) is 10.7. The lowest BCUT2D eigenvalue weighted by Gasteiger charge is -2.12. The Balaban J connectivity index is 2.10. The summed E-state index contributed by atoms with van der Waals surface area (Å²) in [5, 5.41) is 0. The number of rotatable bonds is 3. The molecular formula is C9H13N3O3S2. The molecule has 1 saturated heterocycles. The fourth-order valence-electron chi connectivity index (χ4n) is 1.70. The Morgan fingerprint density at radius 1 is 1.53 bits per heavy atom. The lowest BCUT2D eigenvalue weighted by atomic mass is 10.4. The molecule has 0 spiro atoms. The third-order valence-corrected chi connectivity index (χ3v) is 5.52. The first-order chi connectivity index (χ1) is 8.03. The Morgan fingerprint density at radius 2 is 2.29 bits per heavy atom. The van der Waals surface area contributed by atoms with Crippen molar-refractivity contribution in [2.24, 2.45) is 5.84 Å². The monoisotopic (exact) mass is 275 g/mol. The molecule has 94 valence electrons. The van der Waals surface area contributed by atoms with E-state index in [4.69, 9.17) is 5.84 Å². The SMILES string of the molecule is NNC(=O)c1ccc(CN2CCCS2(=O)=O)s1. The average Bonchev–Trinajstić information content (AvgIpc) is 2.86. The molecule has 0 aromatic carbocycles. The second kappa shape index (κ2) is 4.73. The summed E-state index contributed by atoms with van der Waals surface area (Å²) in [4.78, 5) is 12.6. The number of amides is 1. The van der Waals surface area contributed by atoms with Crippen LogP contribution in [0.15, 0.2) is 12.1 Å². The fourth-order valence-corrected chi connectivity index (χ4v) is 4.20. The Morgan fingerprint density at radius 3 is 2.88 bits per heavy atom. The van der Waals surface area contributed by atoms with Crippen molar-refractivity contribution in [2.75, 3.05) is 12.3 Å². The van der Waals surface area contributed by atoms with Crippen LogP contribution in [0.5, 0.6) is 0 Å². The molecule has 0 unspecified atom stereocenters. The summed E-state index contributed by atoms with van der Waals surface area (Å²) >= 11 is 1.25. The van der Waals surface area contributed by atoms with E-state index in [1.807, 2.05) is 5.43 Å². The summed E-state index contributed by atoms with van der Waals surface area (Å²) in [6, 6.07) is 3.40. The summed E-state index contributed by atoms with van der Waals surface area (Å²) < 4.78 is 24.6. The molecule has 1 aliphatic heterocycles. The van der Waals surface area contributed by atoms with Gasteiger partial charge in [-0.25, -0.2) is 14.3 Å². The molecule has 17 heavy (non-hydrogen) atoms. The number of carbonyl (C=O) groups excluding carboxylic acids is 1. The molecule has 1 fully saturated rings. The normalized spacial score (nSPS) is 19.4. The van der Waals surface area contributed by atoms with Gasteiger partial charge in [-0.2, -0.15) is 4.31 Å². The zero-order chi connectivity index (χ0) is 12.5. The minimum atomic E-state index is -3.09. The number of hydrazine groups is 1. The van der Waals surface area contributed by atoms with E-state index in [0.29, 0.717) is 24.4 Å². The van der Waals surface area contributed by atoms with E-state index in [9.17, 15) is 13.2 Å². The predicted octanol–water partition coefficient (Wildman–Crippen LogP) is -0.113. The van der Waals surface area contributed by atoms with Gasteiger partial charge < -0.3 is 0 Å². The van der Waals surface area contributed by atoms with Crippen LogP contribution in [0, 0.1) is 0 Å². The van der Waals surface area contributed by atoms with Gasteiger partial charge in [0.25, 0.3) is 5.91 Å². The largest absolute Gasteiger partial charge is 0.289 e. The second-order valence-electron chi connectivity index (χ2n) is 3.74. The molecule has 0 saturated carbocycles. The van der Waals surface area contributed by atoms with Gasteiger partial charge in [0.15, 0.2) is 0 Å². The Hall–Kier alpha value is -0.960. The molecule has 2 heterocycles. The van der Waals surface area contributed by atoms with E-state index in [1.165, 1.54) is 15.6 Å². The van der Waals surface area contributed by atoms with Gasteiger partial charge in [0.2, 0.25) is 10.0 Å². The second-order valence-corrected chi connectivity index (χ2v) is 7.00. The highest BCUT2D eigenvalue weighted by Gasteiger charge is 2.28. The highest BCUT2D eigenvalue weighted by atomic mass is 32.2. The first kappa shape index (κ1) is 12.5. The van der Waals surface area contributed by atoms with Gasteiger partial charge in [-0.1, -0.05) is 0 Å². The lowest BCUT2D eigenvalue weighted by molar-refractivity contribution is 0.0957. The lowest BCUT2D eigenvalue weighted by Crippen LogP contribution is -2.29. The number of hydrogen-bond donors (Lipinski definition) is 2. The van der Waals surface area contributed by atoms with Gasteiger partial charge in [-0.05, 0) is 18.6 Å². The van der Waals surface area contributed by atoms with Gasteiger partial charge in [0.05, 0.1) is 10.6 Å². The predicted molar refractivity (Wildman–Crippen MR) is 64.8 cm³/mol. The zero-order valence-electron chi connectivity index (χ0n) is 9.05. The smallest absolute Gasteiger partial charge is 0.275 e. The van der Waals surface area contributed by atoms with Crippen LogP contribution in [-0.2, 0) is 16.6 Å². The van der Waals surface area contributed by atoms with Gasteiger partial charge in [-0.3, -0.25) is 10.2 Å². The van der Waals surface area contributed by atoms with Gasteiger partial charge in [-0.15, -0.1) is 11.3 Å². The molecule has 8 heteroatoms. The van der Waals surface area contributed by atoms with Crippen molar-refractivity contribution in [3.8, 4) is 0 Å². The molecule has 0 bridgehead atoms. The first-order valence-corrected chi connectivity index (χ1v) is 7.53. The number of nitrogens with one attached hydrogen (secondary N) is 1. The Kier molecular flexibility index (Phi) is 3.48. The van der Waals surface area contributed by atoms with Crippen LogP contribution >= 0.6 is 11.3 Å². The number of sulfonamides is 1. The minimum absolute atomic E-state index is 0.217. The standard InChI is InChI=1S/C9H13N3O3S2/c10-11-9(13)8-3-2-7(16-8)6-12-4-1-5-17(12,14)15/h2-3H,1,4-6,10H2,(H,11,13). The molecule has 0 aliphatic carbocycles.